The monoisotopic (exact) mass is 296 g/mol. The first kappa shape index (κ1) is 12.1. The summed E-state index contributed by atoms with van der Waals surface area (Å²) in [5, 5.41) is 2.75. The minimum atomic E-state index is -0.683. The Balaban J connectivity index is 2.43. The van der Waals surface area contributed by atoms with Crippen LogP contribution in [-0.4, -0.2) is 22.7 Å². The third-order valence-electron chi connectivity index (χ3n) is 2.52. The van der Waals surface area contributed by atoms with E-state index >= 15 is 0 Å². The summed E-state index contributed by atoms with van der Waals surface area (Å²) in [4.78, 5) is 25.3. The predicted octanol–water partition coefficient (Wildman–Crippen LogP) is 2.15. The molecule has 1 aliphatic rings. The van der Waals surface area contributed by atoms with E-state index in [9.17, 15) is 9.59 Å². The van der Waals surface area contributed by atoms with Gasteiger partial charge in [-0.3, -0.25) is 14.5 Å². The Bertz CT molecular complexity index is 480. The highest BCUT2D eigenvalue weighted by Gasteiger charge is 2.34. The molecule has 1 aromatic carbocycles. The van der Waals surface area contributed by atoms with Crippen LogP contribution in [0, 0.1) is 0 Å². The second kappa shape index (κ2) is 4.14. The number of nitrogens with zero attached hydrogens (tertiary/aromatic N) is 1. The molecule has 0 unspecified atom stereocenters. The van der Waals surface area contributed by atoms with E-state index in [4.69, 9.17) is 0 Å². The summed E-state index contributed by atoms with van der Waals surface area (Å²) in [7, 11) is 0. The van der Waals surface area contributed by atoms with E-state index in [-0.39, 0.29) is 18.4 Å². The van der Waals surface area contributed by atoms with Crippen molar-refractivity contribution in [3.05, 3.63) is 24.3 Å². The molecule has 2 rings (SSSR count). The number of hydrogen-bond donors (Lipinski definition) is 1. The smallest absolute Gasteiger partial charge is 0.244 e. The van der Waals surface area contributed by atoms with E-state index in [0.717, 1.165) is 5.69 Å². The number of carbonyl (C=O) groups excluding carboxylic acids is 2. The van der Waals surface area contributed by atoms with E-state index < -0.39 is 4.32 Å². The van der Waals surface area contributed by atoms with Gasteiger partial charge in [0.15, 0.2) is 0 Å². The van der Waals surface area contributed by atoms with Gasteiger partial charge in [-0.15, -0.1) is 0 Å². The minimum absolute atomic E-state index is 0.0604. The van der Waals surface area contributed by atoms with Gasteiger partial charge in [-0.2, -0.15) is 0 Å². The first-order valence-corrected chi connectivity index (χ1v) is 6.08. The largest absolute Gasteiger partial charge is 0.323 e. The van der Waals surface area contributed by atoms with Gasteiger partial charge in [-0.1, -0.05) is 28.1 Å². The van der Waals surface area contributed by atoms with Crippen molar-refractivity contribution in [3.8, 4) is 0 Å². The van der Waals surface area contributed by atoms with Crippen molar-refractivity contribution in [1.29, 1.82) is 0 Å². The maximum atomic E-state index is 12.2. The second-order valence-electron chi connectivity index (χ2n) is 4.43. The lowest BCUT2D eigenvalue weighted by Crippen LogP contribution is -2.48. The molecule has 0 fully saturated rings. The first-order valence-electron chi connectivity index (χ1n) is 5.29. The molecule has 0 aromatic heterocycles. The maximum Gasteiger partial charge on any atom is 0.244 e. The number of para-hydroxylation sites is 2. The zero-order chi connectivity index (χ0) is 12.6. The fourth-order valence-electron chi connectivity index (χ4n) is 1.74. The van der Waals surface area contributed by atoms with E-state index in [1.165, 1.54) is 4.90 Å². The molecule has 0 saturated carbocycles. The van der Waals surface area contributed by atoms with E-state index in [2.05, 4.69) is 21.2 Å². The summed E-state index contributed by atoms with van der Waals surface area (Å²) in [6.45, 7) is 3.60. The van der Waals surface area contributed by atoms with Crippen molar-refractivity contribution in [2.75, 3.05) is 16.8 Å². The van der Waals surface area contributed by atoms with Gasteiger partial charge in [0.2, 0.25) is 11.8 Å². The van der Waals surface area contributed by atoms with Crippen molar-refractivity contribution in [1.82, 2.24) is 0 Å². The number of amides is 2. The molecule has 0 saturated heterocycles. The lowest BCUT2D eigenvalue weighted by molar-refractivity contribution is -0.122. The Kier molecular flexibility index (Phi) is 2.95. The Morgan fingerprint density at radius 3 is 2.71 bits per heavy atom. The van der Waals surface area contributed by atoms with Gasteiger partial charge in [-0.05, 0) is 26.0 Å². The van der Waals surface area contributed by atoms with Crippen molar-refractivity contribution in [2.45, 2.75) is 18.2 Å². The molecular weight excluding hydrogens is 284 g/mol. The maximum absolute atomic E-state index is 12.2. The van der Waals surface area contributed by atoms with Gasteiger partial charge in [-0.25, -0.2) is 0 Å². The molecule has 2 amide bonds. The molecule has 4 nitrogen and oxygen atoms in total. The SMILES string of the molecule is CC(C)(Br)C(=O)N1CC(=O)Nc2ccccc21. The Labute approximate surface area is 108 Å². The van der Waals surface area contributed by atoms with E-state index in [0.29, 0.717) is 5.69 Å². The highest BCUT2D eigenvalue weighted by atomic mass is 79.9. The van der Waals surface area contributed by atoms with Crippen LogP contribution in [-0.2, 0) is 9.59 Å². The normalized spacial score (nSPS) is 15.2. The van der Waals surface area contributed by atoms with Crippen LogP contribution in [0.2, 0.25) is 0 Å². The molecule has 1 aromatic rings. The number of alkyl halides is 1. The third-order valence-corrected chi connectivity index (χ3v) is 2.86. The van der Waals surface area contributed by atoms with Gasteiger partial charge in [0.1, 0.15) is 6.54 Å². The van der Waals surface area contributed by atoms with Crippen LogP contribution >= 0.6 is 15.9 Å². The third kappa shape index (κ3) is 2.34. The predicted molar refractivity (Wildman–Crippen MR) is 70.4 cm³/mol. The van der Waals surface area contributed by atoms with Crippen LogP contribution in [0.4, 0.5) is 11.4 Å². The summed E-state index contributed by atoms with van der Waals surface area (Å²) in [6.07, 6.45) is 0. The Hall–Kier alpha value is -1.36. The lowest BCUT2D eigenvalue weighted by Gasteiger charge is -2.32. The van der Waals surface area contributed by atoms with Gasteiger partial charge in [0, 0.05) is 0 Å². The Morgan fingerprint density at radius 1 is 1.41 bits per heavy atom. The average molecular weight is 297 g/mol. The molecular formula is C12H13BrN2O2. The highest BCUT2D eigenvalue weighted by Crippen LogP contribution is 2.32. The molecule has 5 heteroatoms. The second-order valence-corrected chi connectivity index (χ2v) is 6.41. The molecule has 0 aliphatic carbocycles. The summed E-state index contributed by atoms with van der Waals surface area (Å²) >= 11 is 3.33. The average Bonchev–Trinajstić information content (AvgIpc) is 2.25. The summed E-state index contributed by atoms with van der Waals surface area (Å²) in [5.41, 5.74) is 1.42. The van der Waals surface area contributed by atoms with Crippen molar-refractivity contribution >= 4 is 39.1 Å². The molecule has 1 aliphatic heterocycles. The standard InChI is InChI=1S/C12H13BrN2O2/c1-12(2,13)11(17)15-7-10(16)14-8-5-3-4-6-9(8)15/h3-6H,7H2,1-2H3,(H,14,16). The Morgan fingerprint density at radius 2 is 2.06 bits per heavy atom. The van der Waals surface area contributed by atoms with Crippen molar-refractivity contribution in [2.24, 2.45) is 0 Å². The molecule has 0 atom stereocenters. The van der Waals surface area contributed by atoms with Crippen LogP contribution < -0.4 is 10.2 Å². The number of benzene rings is 1. The summed E-state index contributed by atoms with van der Waals surface area (Å²) in [6, 6.07) is 7.28. The highest BCUT2D eigenvalue weighted by molar-refractivity contribution is 9.10. The van der Waals surface area contributed by atoms with Crippen molar-refractivity contribution < 1.29 is 9.59 Å². The number of rotatable bonds is 1. The fraction of sp³-hybridized carbons (Fsp3) is 0.333. The van der Waals surface area contributed by atoms with Crippen LogP contribution in [0.15, 0.2) is 24.3 Å². The number of carbonyl (C=O) groups is 2. The zero-order valence-corrected chi connectivity index (χ0v) is 11.2. The van der Waals surface area contributed by atoms with Gasteiger partial charge < -0.3 is 5.32 Å². The van der Waals surface area contributed by atoms with Crippen LogP contribution in [0.1, 0.15) is 13.8 Å². The van der Waals surface area contributed by atoms with E-state index in [1.54, 1.807) is 19.9 Å². The molecule has 0 radical (unpaired) electrons. The number of fused-ring (bicyclic) bond motifs is 1. The van der Waals surface area contributed by atoms with Crippen LogP contribution in [0.5, 0.6) is 0 Å². The van der Waals surface area contributed by atoms with E-state index in [1.807, 2.05) is 18.2 Å². The van der Waals surface area contributed by atoms with Gasteiger partial charge in [0.25, 0.3) is 0 Å². The number of halogens is 1. The molecule has 90 valence electrons. The molecule has 17 heavy (non-hydrogen) atoms. The minimum Gasteiger partial charge on any atom is -0.323 e. The number of nitrogens with one attached hydrogen (secondary N) is 1. The molecule has 1 N–H and O–H groups in total. The first-order chi connectivity index (χ1) is 7.89. The number of anilines is 2. The van der Waals surface area contributed by atoms with Crippen molar-refractivity contribution in [3.63, 3.8) is 0 Å². The summed E-state index contributed by atoms with van der Waals surface area (Å²) < 4.78 is -0.683. The van der Waals surface area contributed by atoms with Gasteiger partial charge >= 0.3 is 0 Å². The molecule has 1 heterocycles. The fourth-order valence-corrected chi connectivity index (χ4v) is 1.95. The van der Waals surface area contributed by atoms with Gasteiger partial charge in [0.05, 0.1) is 15.7 Å². The number of hydrogen-bond acceptors (Lipinski definition) is 2. The quantitative estimate of drug-likeness (QED) is 0.807. The zero-order valence-electron chi connectivity index (χ0n) is 9.66. The van der Waals surface area contributed by atoms with Crippen LogP contribution in [0.3, 0.4) is 0 Å². The van der Waals surface area contributed by atoms with Crippen LogP contribution in [0.25, 0.3) is 0 Å². The molecule has 0 spiro atoms. The topological polar surface area (TPSA) is 49.4 Å². The summed E-state index contributed by atoms with van der Waals surface area (Å²) in [5.74, 6) is -0.298. The molecule has 0 bridgehead atoms. The lowest BCUT2D eigenvalue weighted by atomic mass is 10.1.